The highest BCUT2D eigenvalue weighted by Gasteiger charge is 2.19. The van der Waals surface area contributed by atoms with Crippen molar-refractivity contribution in [3.63, 3.8) is 0 Å². The van der Waals surface area contributed by atoms with E-state index in [1.165, 1.54) is 0 Å². The van der Waals surface area contributed by atoms with Gasteiger partial charge in [-0.1, -0.05) is 11.6 Å². The molecular weight excluding hydrogens is 239 g/mol. The Kier molecular flexibility index (Phi) is 2.30. The Morgan fingerprint density at radius 1 is 1.35 bits per heavy atom. The molecule has 1 aliphatic rings. The molecule has 0 amide bonds. The Labute approximate surface area is 103 Å². The van der Waals surface area contributed by atoms with Crippen molar-refractivity contribution < 1.29 is 4.39 Å². The summed E-state index contributed by atoms with van der Waals surface area (Å²) in [6.45, 7) is 1.89. The average Bonchev–Trinajstić information content (AvgIpc) is 2.86. The quantitative estimate of drug-likeness (QED) is 0.737. The fourth-order valence-corrected chi connectivity index (χ4v) is 2.45. The normalized spacial score (nSPS) is 15.8. The van der Waals surface area contributed by atoms with Crippen LogP contribution in [0.5, 0.6) is 0 Å². The summed E-state index contributed by atoms with van der Waals surface area (Å²) in [4.78, 5) is 7.12. The minimum atomic E-state index is -0.234. The third-order valence-electron chi connectivity index (χ3n) is 2.96. The molecule has 0 spiro atoms. The van der Waals surface area contributed by atoms with Gasteiger partial charge in [-0.2, -0.15) is 0 Å². The molecular formula is C13H10ClFN2. The van der Waals surface area contributed by atoms with Crippen LogP contribution < -0.4 is 0 Å². The van der Waals surface area contributed by atoms with E-state index in [2.05, 4.69) is 9.98 Å². The Morgan fingerprint density at radius 2 is 2.18 bits per heavy atom. The third kappa shape index (κ3) is 1.58. The van der Waals surface area contributed by atoms with Crippen LogP contribution in [-0.4, -0.2) is 10.7 Å². The summed E-state index contributed by atoms with van der Waals surface area (Å²) in [6.07, 6.45) is 2.34. The van der Waals surface area contributed by atoms with Crippen LogP contribution in [0, 0.1) is 5.82 Å². The van der Waals surface area contributed by atoms with E-state index in [1.54, 1.807) is 18.3 Å². The van der Waals surface area contributed by atoms with Gasteiger partial charge in [0.2, 0.25) is 0 Å². The van der Waals surface area contributed by atoms with Crippen molar-refractivity contribution in [1.29, 1.82) is 0 Å². The van der Waals surface area contributed by atoms with E-state index >= 15 is 0 Å². The van der Waals surface area contributed by atoms with Gasteiger partial charge in [-0.3, -0.25) is 0 Å². The number of nitrogens with zero attached hydrogens (tertiary/aromatic N) is 1. The van der Waals surface area contributed by atoms with Gasteiger partial charge in [0.25, 0.3) is 0 Å². The number of aromatic amines is 1. The monoisotopic (exact) mass is 248 g/mol. The van der Waals surface area contributed by atoms with Gasteiger partial charge in [0.15, 0.2) is 0 Å². The lowest BCUT2D eigenvalue weighted by Crippen LogP contribution is -1.92. The van der Waals surface area contributed by atoms with E-state index in [1.807, 2.05) is 13.0 Å². The van der Waals surface area contributed by atoms with Gasteiger partial charge < -0.3 is 4.98 Å². The molecule has 1 aromatic heterocycles. The molecule has 2 nitrogen and oxygen atoms in total. The van der Waals surface area contributed by atoms with Gasteiger partial charge in [-0.05, 0) is 25.1 Å². The van der Waals surface area contributed by atoms with Gasteiger partial charge in [0, 0.05) is 40.4 Å². The third-order valence-corrected chi connectivity index (χ3v) is 3.28. The SMILES string of the molecule is CC1=NC(Cl)=C(c2ccc3[nH]ccc3c2F)C1. The standard InChI is InChI=1S/C13H10ClFN2/c1-7-6-10(13(14)17-7)8-2-3-11-9(12(8)15)4-5-16-11/h2-5,16H,6H2,1H3. The molecule has 1 aromatic carbocycles. The molecule has 2 heterocycles. The van der Waals surface area contributed by atoms with Crippen molar-refractivity contribution in [1.82, 2.24) is 4.98 Å². The zero-order valence-corrected chi connectivity index (χ0v) is 9.98. The van der Waals surface area contributed by atoms with Crippen molar-refractivity contribution in [2.24, 2.45) is 4.99 Å². The van der Waals surface area contributed by atoms with Gasteiger partial charge in [-0.25, -0.2) is 9.38 Å². The summed E-state index contributed by atoms with van der Waals surface area (Å²) >= 11 is 6.02. The number of fused-ring (bicyclic) bond motifs is 1. The fourth-order valence-electron chi connectivity index (χ4n) is 2.14. The molecule has 0 aliphatic carbocycles. The lowest BCUT2D eigenvalue weighted by atomic mass is 10.0. The Hall–Kier alpha value is -1.61. The zero-order valence-electron chi connectivity index (χ0n) is 9.22. The number of hydrogen-bond donors (Lipinski definition) is 1. The minimum Gasteiger partial charge on any atom is -0.361 e. The van der Waals surface area contributed by atoms with Gasteiger partial charge in [-0.15, -0.1) is 0 Å². The molecule has 4 heteroatoms. The molecule has 0 fully saturated rings. The number of aliphatic imine (C=N–C) groups is 1. The smallest absolute Gasteiger partial charge is 0.140 e. The molecule has 3 rings (SSSR count). The number of rotatable bonds is 1. The maximum absolute atomic E-state index is 14.3. The van der Waals surface area contributed by atoms with Crippen LogP contribution in [0.1, 0.15) is 18.9 Å². The molecule has 1 N–H and O–H groups in total. The first-order chi connectivity index (χ1) is 8.16. The Morgan fingerprint density at radius 3 is 2.88 bits per heavy atom. The molecule has 0 atom stereocenters. The number of allylic oxidation sites excluding steroid dienone is 1. The van der Waals surface area contributed by atoms with Gasteiger partial charge >= 0.3 is 0 Å². The maximum Gasteiger partial charge on any atom is 0.140 e. The lowest BCUT2D eigenvalue weighted by molar-refractivity contribution is 0.636. The second-order valence-electron chi connectivity index (χ2n) is 4.16. The first-order valence-corrected chi connectivity index (χ1v) is 5.73. The molecule has 0 bridgehead atoms. The molecule has 0 saturated carbocycles. The molecule has 0 unspecified atom stereocenters. The summed E-state index contributed by atoms with van der Waals surface area (Å²) in [5.74, 6) is -0.234. The fraction of sp³-hybridized carbons (Fsp3) is 0.154. The maximum atomic E-state index is 14.3. The van der Waals surface area contributed by atoms with E-state index in [4.69, 9.17) is 11.6 Å². The number of aromatic nitrogens is 1. The highest BCUT2D eigenvalue weighted by molar-refractivity contribution is 6.35. The highest BCUT2D eigenvalue weighted by Crippen LogP contribution is 2.34. The predicted molar refractivity (Wildman–Crippen MR) is 68.8 cm³/mol. The summed E-state index contributed by atoms with van der Waals surface area (Å²) in [7, 11) is 0. The number of benzene rings is 1. The summed E-state index contributed by atoms with van der Waals surface area (Å²) in [5.41, 5.74) is 3.02. The van der Waals surface area contributed by atoms with Crippen LogP contribution in [0.3, 0.4) is 0 Å². The van der Waals surface area contributed by atoms with Crippen molar-refractivity contribution in [3.05, 3.63) is 40.9 Å². The van der Waals surface area contributed by atoms with E-state index < -0.39 is 0 Å². The summed E-state index contributed by atoms with van der Waals surface area (Å²) < 4.78 is 14.3. The van der Waals surface area contributed by atoms with Crippen molar-refractivity contribution >= 4 is 33.8 Å². The molecule has 2 aromatic rings. The lowest BCUT2D eigenvalue weighted by Gasteiger charge is -2.05. The number of nitrogens with one attached hydrogen (secondary N) is 1. The number of halogens is 2. The van der Waals surface area contributed by atoms with Crippen LogP contribution in [-0.2, 0) is 0 Å². The van der Waals surface area contributed by atoms with E-state index in [9.17, 15) is 4.39 Å². The van der Waals surface area contributed by atoms with E-state index in [-0.39, 0.29) is 5.82 Å². The number of H-pyrrole nitrogens is 1. The van der Waals surface area contributed by atoms with Crippen molar-refractivity contribution in [2.75, 3.05) is 0 Å². The zero-order chi connectivity index (χ0) is 12.0. The molecule has 0 saturated heterocycles. The van der Waals surface area contributed by atoms with Gasteiger partial charge in [0.05, 0.1) is 0 Å². The molecule has 17 heavy (non-hydrogen) atoms. The largest absolute Gasteiger partial charge is 0.361 e. The van der Waals surface area contributed by atoms with Crippen LogP contribution >= 0.6 is 11.6 Å². The van der Waals surface area contributed by atoms with Crippen LogP contribution in [0.15, 0.2) is 34.5 Å². The minimum absolute atomic E-state index is 0.234. The second-order valence-corrected chi connectivity index (χ2v) is 4.52. The highest BCUT2D eigenvalue weighted by atomic mass is 35.5. The van der Waals surface area contributed by atoms with Crippen LogP contribution in [0.25, 0.3) is 16.5 Å². The van der Waals surface area contributed by atoms with Crippen molar-refractivity contribution in [2.45, 2.75) is 13.3 Å². The first kappa shape index (κ1) is 10.5. The van der Waals surface area contributed by atoms with Crippen LogP contribution in [0.4, 0.5) is 4.39 Å². The second kappa shape index (κ2) is 3.70. The topological polar surface area (TPSA) is 28.1 Å². The molecule has 0 radical (unpaired) electrons. The Balaban J connectivity index is 2.19. The first-order valence-electron chi connectivity index (χ1n) is 5.35. The van der Waals surface area contributed by atoms with Crippen molar-refractivity contribution in [3.8, 4) is 0 Å². The average molecular weight is 249 g/mol. The van der Waals surface area contributed by atoms with Crippen LogP contribution in [0.2, 0.25) is 0 Å². The summed E-state index contributed by atoms with van der Waals surface area (Å²) in [6, 6.07) is 5.34. The molecule has 86 valence electrons. The molecule has 1 aliphatic heterocycles. The predicted octanol–water partition coefficient (Wildman–Crippen LogP) is 4.08. The van der Waals surface area contributed by atoms with Gasteiger partial charge in [0.1, 0.15) is 11.0 Å². The Bertz CT molecular complexity index is 667. The van der Waals surface area contributed by atoms with E-state index in [0.29, 0.717) is 22.5 Å². The number of hydrogen-bond acceptors (Lipinski definition) is 1. The summed E-state index contributed by atoms with van der Waals surface area (Å²) in [5, 5.41) is 0.986. The van der Waals surface area contributed by atoms with E-state index in [0.717, 1.165) is 16.8 Å².